The standard InChI is InChI=1S/C23H20N2O5S/c1-16-15-31(28,29)25(23(16)27)18-13-11-17(12-14-18)22(26)24-20-9-5-6-10-21(20)30-19-7-3-2-4-8-19/h2-14,16H,15H2,1H3,(H,24,26)/t16-/m0/s1. The Morgan fingerprint density at radius 1 is 0.968 bits per heavy atom. The van der Waals surface area contributed by atoms with Crippen molar-refractivity contribution in [2.75, 3.05) is 15.4 Å². The molecule has 1 N–H and O–H groups in total. The zero-order valence-electron chi connectivity index (χ0n) is 16.7. The lowest BCUT2D eigenvalue weighted by Gasteiger charge is -2.16. The Labute approximate surface area is 180 Å². The molecule has 8 heteroatoms. The molecule has 1 heterocycles. The Morgan fingerprint density at radius 3 is 2.26 bits per heavy atom. The molecule has 0 radical (unpaired) electrons. The molecule has 0 bridgehead atoms. The first-order chi connectivity index (χ1) is 14.8. The second-order valence-electron chi connectivity index (χ2n) is 7.19. The highest BCUT2D eigenvalue weighted by atomic mass is 32.2. The fourth-order valence-corrected chi connectivity index (χ4v) is 5.12. The number of nitrogens with zero attached hydrogens (tertiary/aromatic N) is 1. The Balaban J connectivity index is 1.52. The van der Waals surface area contributed by atoms with Gasteiger partial charge in [0, 0.05) is 5.56 Å². The molecule has 1 saturated heterocycles. The van der Waals surface area contributed by atoms with Gasteiger partial charge in [-0.05, 0) is 48.5 Å². The number of carbonyl (C=O) groups is 2. The summed E-state index contributed by atoms with van der Waals surface area (Å²) in [6, 6.07) is 22.1. The van der Waals surface area contributed by atoms with Gasteiger partial charge in [-0.25, -0.2) is 12.7 Å². The number of amides is 2. The van der Waals surface area contributed by atoms with Crippen LogP contribution in [0, 0.1) is 5.92 Å². The Kier molecular flexibility index (Phi) is 5.48. The molecule has 1 aliphatic heterocycles. The number of anilines is 2. The van der Waals surface area contributed by atoms with Crippen molar-refractivity contribution in [1.82, 2.24) is 0 Å². The van der Waals surface area contributed by atoms with Gasteiger partial charge in [-0.3, -0.25) is 9.59 Å². The summed E-state index contributed by atoms with van der Waals surface area (Å²) in [5.74, 6) is -0.537. The van der Waals surface area contributed by atoms with E-state index in [1.807, 2.05) is 30.3 Å². The third-order valence-electron chi connectivity index (χ3n) is 4.83. The van der Waals surface area contributed by atoms with Crippen LogP contribution in [0.5, 0.6) is 11.5 Å². The monoisotopic (exact) mass is 436 g/mol. The zero-order valence-corrected chi connectivity index (χ0v) is 17.5. The maximum Gasteiger partial charge on any atom is 0.255 e. The minimum absolute atomic E-state index is 0.216. The molecular weight excluding hydrogens is 416 g/mol. The molecule has 0 saturated carbocycles. The van der Waals surface area contributed by atoms with Crippen LogP contribution >= 0.6 is 0 Å². The third kappa shape index (κ3) is 4.29. The van der Waals surface area contributed by atoms with Crippen molar-refractivity contribution in [3.8, 4) is 11.5 Å². The van der Waals surface area contributed by atoms with Crippen molar-refractivity contribution < 1.29 is 22.7 Å². The number of benzene rings is 3. The van der Waals surface area contributed by atoms with Crippen LogP contribution in [0.15, 0.2) is 78.9 Å². The summed E-state index contributed by atoms with van der Waals surface area (Å²) in [5.41, 5.74) is 1.03. The highest BCUT2D eigenvalue weighted by Crippen LogP contribution is 2.31. The first kappa shape index (κ1) is 20.6. The molecule has 0 aliphatic carbocycles. The second-order valence-corrected chi connectivity index (χ2v) is 9.06. The van der Waals surface area contributed by atoms with E-state index < -0.39 is 21.8 Å². The summed E-state index contributed by atoms with van der Waals surface area (Å²) in [4.78, 5) is 25.0. The Morgan fingerprint density at radius 2 is 1.61 bits per heavy atom. The first-order valence-electron chi connectivity index (χ1n) is 9.65. The molecule has 158 valence electrons. The minimum Gasteiger partial charge on any atom is -0.455 e. The van der Waals surface area contributed by atoms with E-state index in [0.717, 1.165) is 4.31 Å². The molecule has 31 heavy (non-hydrogen) atoms. The van der Waals surface area contributed by atoms with Gasteiger partial charge in [0.05, 0.1) is 23.0 Å². The highest BCUT2D eigenvalue weighted by Gasteiger charge is 2.41. The number of hydrogen-bond acceptors (Lipinski definition) is 5. The van der Waals surface area contributed by atoms with Gasteiger partial charge in [-0.15, -0.1) is 0 Å². The van der Waals surface area contributed by atoms with E-state index in [4.69, 9.17) is 4.74 Å². The number of nitrogens with one attached hydrogen (secondary N) is 1. The van der Waals surface area contributed by atoms with E-state index >= 15 is 0 Å². The Bertz CT molecular complexity index is 1220. The average Bonchev–Trinajstić information content (AvgIpc) is 2.96. The van der Waals surface area contributed by atoms with E-state index in [9.17, 15) is 18.0 Å². The molecule has 4 rings (SSSR count). The number of hydrogen-bond donors (Lipinski definition) is 1. The molecule has 7 nitrogen and oxygen atoms in total. The number of rotatable bonds is 5. The molecule has 1 aliphatic rings. The van der Waals surface area contributed by atoms with Crippen molar-refractivity contribution >= 4 is 33.2 Å². The zero-order chi connectivity index (χ0) is 22.0. The lowest BCUT2D eigenvalue weighted by Crippen LogP contribution is -2.30. The highest BCUT2D eigenvalue weighted by molar-refractivity contribution is 7.94. The van der Waals surface area contributed by atoms with Gasteiger partial charge in [0.1, 0.15) is 5.75 Å². The van der Waals surface area contributed by atoms with E-state index in [-0.39, 0.29) is 17.3 Å². The fourth-order valence-electron chi connectivity index (χ4n) is 3.30. The SMILES string of the molecule is C[C@H]1CS(=O)(=O)N(c2ccc(C(=O)Nc3ccccc3Oc3ccccc3)cc2)C1=O. The molecule has 1 atom stereocenters. The predicted molar refractivity (Wildman–Crippen MR) is 118 cm³/mol. The molecule has 2 amide bonds. The maximum atomic E-state index is 12.7. The van der Waals surface area contributed by atoms with Crippen LogP contribution in [0.25, 0.3) is 0 Å². The Hall–Kier alpha value is -3.65. The van der Waals surface area contributed by atoms with E-state index in [2.05, 4.69) is 5.32 Å². The normalized spacial score (nSPS) is 17.4. The van der Waals surface area contributed by atoms with Crippen LogP contribution in [-0.2, 0) is 14.8 Å². The van der Waals surface area contributed by atoms with Crippen LogP contribution in [-0.4, -0.2) is 26.0 Å². The molecule has 0 spiro atoms. The van der Waals surface area contributed by atoms with Crippen LogP contribution in [0.4, 0.5) is 11.4 Å². The summed E-state index contributed by atoms with van der Waals surface area (Å²) in [6.45, 7) is 1.58. The molecule has 1 fully saturated rings. The van der Waals surface area contributed by atoms with Crippen molar-refractivity contribution in [2.45, 2.75) is 6.92 Å². The number of ether oxygens (including phenoxy) is 1. The van der Waals surface area contributed by atoms with Gasteiger partial charge in [-0.2, -0.15) is 0 Å². The summed E-state index contributed by atoms with van der Waals surface area (Å²) in [5, 5.41) is 2.81. The first-order valence-corrected chi connectivity index (χ1v) is 11.3. The van der Waals surface area contributed by atoms with Gasteiger partial charge in [0.15, 0.2) is 5.75 Å². The van der Waals surface area contributed by atoms with Crippen LogP contribution < -0.4 is 14.4 Å². The number of sulfonamides is 1. The van der Waals surface area contributed by atoms with Crippen LogP contribution in [0.2, 0.25) is 0 Å². The summed E-state index contributed by atoms with van der Waals surface area (Å²) < 4.78 is 31.1. The van der Waals surface area contributed by atoms with E-state index in [0.29, 0.717) is 22.7 Å². The molecule has 0 unspecified atom stereocenters. The summed E-state index contributed by atoms with van der Waals surface area (Å²) in [6.07, 6.45) is 0. The van der Waals surface area contributed by atoms with Crippen LogP contribution in [0.1, 0.15) is 17.3 Å². The van der Waals surface area contributed by atoms with Gasteiger partial charge < -0.3 is 10.1 Å². The summed E-state index contributed by atoms with van der Waals surface area (Å²) in [7, 11) is -3.69. The third-order valence-corrected chi connectivity index (χ3v) is 6.70. The lowest BCUT2D eigenvalue weighted by molar-refractivity contribution is -0.119. The fraction of sp³-hybridized carbons (Fsp3) is 0.130. The number of carbonyl (C=O) groups excluding carboxylic acids is 2. The van der Waals surface area contributed by atoms with Crippen molar-refractivity contribution in [3.05, 3.63) is 84.4 Å². The van der Waals surface area contributed by atoms with Crippen molar-refractivity contribution in [1.29, 1.82) is 0 Å². The topological polar surface area (TPSA) is 92.8 Å². The smallest absolute Gasteiger partial charge is 0.255 e. The van der Waals surface area contributed by atoms with E-state index in [1.54, 1.807) is 31.2 Å². The molecule has 0 aromatic heterocycles. The molecular formula is C23H20N2O5S. The van der Waals surface area contributed by atoms with Crippen molar-refractivity contribution in [3.63, 3.8) is 0 Å². The summed E-state index contributed by atoms with van der Waals surface area (Å²) >= 11 is 0. The van der Waals surface area contributed by atoms with Gasteiger partial charge in [0.25, 0.3) is 5.91 Å². The van der Waals surface area contributed by atoms with Gasteiger partial charge >= 0.3 is 0 Å². The second kappa shape index (κ2) is 8.23. The van der Waals surface area contributed by atoms with Crippen molar-refractivity contribution in [2.24, 2.45) is 5.92 Å². The lowest BCUT2D eigenvalue weighted by atomic mass is 10.1. The largest absolute Gasteiger partial charge is 0.455 e. The minimum atomic E-state index is -3.69. The quantitative estimate of drug-likeness (QED) is 0.652. The maximum absolute atomic E-state index is 12.7. The van der Waals surface area contributed by atoms with E-state index in [1.165, 1.54) is 24.3 Å². The molecule has 3 aromatic carbocycles. The van der Waals surface area contributed by atoms with Gasteiger partial charge in [0.2, 0.25) is 15.9 Å². The number of para-hydroxylation sites is 3. The predicted octanol–water partition coefficient (Wildman–Crippen LogP) is 4.04. The van der Waals surface area contributed by atoms with Gasteiger partial charge in [-0.1, -0.05) is 37.3 Å². The van der Waals surface area contributed by atoms with Crippen LogP contribution in [0.3, 0.4) is 0 Å². The average molecular weight is 436 g/mol. The molecule has 3 aromatic rings.